The van der Waals surface area contributed by atoms with Gasteiger partial charge in [-0.1, -0.05) is 56.3 Å². The van der Waals surface area contributed by atoms with Crippen LogP contribution < -0.4 is 10.6 Å². The molecular weight excluding hydrogens is 400 g/mol. The van der Waals surface area contributed by atoms with Gasteiger partial charge in [0.1, 0.15) is 0 Å². The van der Waals surface area contributed by atoms with E-state index in [-0.39, 0.29) is 24.6 Å². The lowest BCUT2D eigenvalue weighted by Gasteiger charge is -2.20. The molecule has 2 heterocycles. The van der Waals surface area contributed by atoms with E-state index < -0.39 is 0 Å². The summed E-state index contributed by atoms with van der Waals surface area (Å²) in [5, 5.41) is 16.4. The Morgan fingerprint density at radius 1 is 0.906 bits per heavy atom. The minimum absolute atomic E-state index is 0.00617. The molecule has 0 radical (unpaired) electrons. The predicted octanol–water partition coefficient (Wildman–Crippen LogP) is 5.25. The maximum atomic E-state index is 9.75. The Morgan fingerprint density at radius 2 is 1.59 bits per heavy atom. The second-order valence-corrected chi connectivity index (χ2v) is 8.56. The first-order chi connectivity index (χ1) is 15.5. The van der Waals surface area contributed by atoms with Gasteiger partial charge in [0.2, 0.25) is 5.95 Å². The minimum atomic E-state index is -0.138. The van der Waals surface area contributed by atoms with E-state index in [1.54, 1.807) is 6.33 Å². The molecule has 0 bridgehead atoms. The fourth-order valence-corrected chi connectivity index (χ4v) is 3.55. The number of hydrogen-bond donors (Lipinski definition) is 3. The molecule has 3 N–H and O–H groups in total. The molecule has 0 aliphatic heterocycles. The fraction of sp³-hybridized carbons (Fsp3) is 0.320. The van der Waals surface area contributed by atoms with Crippen LogP contribution in [0, 0.1) is 5.92 Å². The van der Waals surface area contributed by atoms with Gasteiger partial charge < -0.3 is 20.3 Å². The van der Waals surface area contributed by atoms with Crippen molar-refractivity contribution in [1.82, 2.24) is 19.5 Å². The predicted molar refractivity (Wildman–Crippen MR) is 130 cm³/mol. The van der Waals surface area contributed by atoms with E-state index in [2.05, 4.69) is 67.6 Å². The maximum Gasteiger partial charge on any atom is 0.227 e. The van der Waals surface area contributed by atoms with Gasteiger partial charge in [0.15, 0.2) is 17.0 Å². The van der Waals surface area contributed by atoms with Gasteiger partial charge in [-0.05, 0) is 43.0 Å². The average Bonchev–Trinajstić information content (AvgIpc) is 3.23. The van der Waals surface area contributed by atoms with Crippen LogP contribution in [-0.2, 0) is 0 Å². The number of nitrogens with zero attached hydrogens (tertiary/aromatic N) is 4. The van der Waals surface area contributed by atoms with Crippen molar-refractivity contribution in [3.05, 3.63) is 60.9 Å². The van der Waals surface area contributed by atoms with Crippen LogP contribution in [-0.4, -0.2) is 37.3 Å². The van der Waals surface area contributed by atoms with Gasteiger partial charge >= 0.3 is 0 Å². The van der Waals surface area contributed by atoms with E-state index >= 15 is 0 Å². The van der Waals surface area contributed by atoms with E-state index in [1.165, 1.54) is 5.56 Å². The van der Waals surface area contributed by atoms with Crippen LogP contribution in [0.25, 0.3) is 22.3 Å². The van der Waals surface area contributed by atoms with Crippen LogP contribution in [0.15, 0.2) is 60.9 Å². The van der Waals surface area contributed by atoms with Crippen LogP contribution in [0.5, 0.6) is 0 Å². The molecule has 0 spiro atoms. The molecule has 4 aromatic rings. The third-order valence-electron chi connectivity index (χ3n) is 5.55. The van der Waals surface area contributed by atoms with Crippen molar-refractivity contribution >= 4 is 28.6 Å². The number of hydrogen-bond acceptors (Lipinski definition) is 6. The fourth-order valence-electron chi connectivity index (χ4n) is 3.55. The summed E-state index contributed by atoms with van der Waals surface area (Å²) >= 11 is 0. The van der Waals surface area contributed by atoms with Crippen molar-refractivity contribution in [3.8, 4) is 11.1 Å². The van der Waals surface area contributed by atoms with Gasteiger partial charge in [0.25, 0.3) is 0 Å². The Labute approximate surface area is 188 Å². The molecule has 0 amide bonds. The van der Waals surface area contributed by atoms with Crippen molar-refractivity contribution < 1.29 is 5.11 Å². The molecule has 166 valence electrons. The van der Waals surface area contributed by atoms with E-state index in [1.807, 2.05) is 34.9 Å². The molecule has 2 aromatic heterocycles. The Bertz CT molecular complexity index is 1170. The number of nitrogens with one attached hydrogen (secondary N) is 2. The van der Waals surface area contributed by atoms with Crippen molar-refractivity contribution in [2.75, 3.05) is 17.2 Å². The second kappa shape index (κ2) is 9.36. The van der Waals surface area contributed by atoms with E-state index in [0.717, 1.165) is 16.9 Å². The highest BCUT2D eigenvalue weighted by atomic mass is 16.3. The summed E-state index contributed by atoms with van der Waals surface area (Å²) in [7, 11) is 0. The second-order valence-electron chi connectivity index (χ2n) is 8.56. The average molecular weight is 431 g/mol. The topological polar surface area (TPSA) is 87.9 Å². The summed E-state index contributed by atoms with van der Waals surface area (Å²) in [5.74, 6) is 1.33. The first-order valence-corrected chi connectivity index (χ1v) is 11.0. The lowest BCUT2D eigenvalue weighted by Crippen LogP contribution is -2.30. The highest BCUT2D eigenvalue weighted by molar-refractivity contribution is 5.87. The van der Waals surface area contributed by atoms with Gasteiger partial charge in [0, 0.05) is 11.7 Å². The lowest BCUT2D eigenvalue weighted by molar-refractivity contribution is 0.248. The quantitative estimate of drug-likeness (QED) is 0.354. The molecule has 0 unspecified atom stereocenters. The molecule has 0 aliphatic carbocycles. The molecule has 2 aromatic carbocycles. The number of aromatic nitrogens is 4. The Hall–Kier alpha value is -3.45. The smallest absolute Gasteiger partial charge is 0.227 e. The lowest BCUT2D eigenvalue weighted by atomic mass is 10.1. The van der Waals surface area contributed by atoms with Crippen LogP contribution >= 0.6 is 0 Å². The number of imidazole rings is 1. The zero-order valence-electron chi connectivity index (χ0n) is 18.9. The molecule has 32 heavy (non-hydrogen) atoms. The van der Waals surface area contributed by atoms with Gasteiger partial charge in [0.05, 0.1) is 19.0 Å². The standard InChI is InChI=1S/C25H30N6O/c1-16(2)21(14-32)28-25-29-23(22-24(30-25)31(15-26-22)17(3)4)27-20-12-10-19(11-13-20)18-8-6-5-7-9-18/h5-13,15-17,21,32H,14H2,1-4H3,(H2,27,28,29,30)/t21-/m0/s1. The molecule has 4 rings (SSSR count). The van der Waals surface area contributed by atoms with Gasteiger partial charge in [-0.25, -0.2) is 4.98 Å². The van der Waals surface area contributed by atoms with E-state index in [4.69, 9.17) is 9.97 Å². The summed E-state index contributed by atoms with van der Waals surface area (Å²) in [5.41, 5.74) is 4.70. The summed E-state index contributed by atoms with van der Waals surface area (Å²) in [6.07, 6.45) is 1.80. The Balaban J connectivity index is 1.69. The van der Waals surface area contributed by atoms with Crippen molar-refractivity contribution in [1.29, 1.82) is 0 Å². The first kappa shape index (κ1) is 21.8. The highest BCUT2D eigenvalue weighted by Gasteiger charge is 2.18. The largest absolute Gasteiger partial charge is 0.394 e. The molecule has 7 nitrogen and oxygen atoms in total. The summed E-state index contributed by atoms with van der Waals surface area (Å²) in [6.45, 7) is 8.30. The monoisotopic (exact) mass is 430 g/mol. The maximum absolute atomic E-state index is 9.75. The van der Waals surface area contributed by atoms with Gasteiger partial charge in [-0.2, -0.15) is 9.97 Å². The highest BCUT2D eigenvalue weighted by Crippen LogP contribution is 2.28. The minimum Gasteiger partial charge on any atom is -0.394 e. The number of aliphatic hydroxyl groups is 1. The van der Waals surface area contributed by atoms with Gasteiger partial charge in [-0.3, -0.25) is 0 Å². The number of anilines is 3. The van der Waals surface area contributed by atoms with E-state index in [9.17, 15) is 5.11 Å². The van der Waals surface area contributed by atoms with Crippen molar-refractivity contribution in [3.63, 3.8) is 0 Å². The van der Waals surface area contributed by atoms with E-state index in [0.29, 0.717) is 17.3 Å². The SMILES string of the molecule is CC(C)[C@H](CO)Nc1nc(Nc2ccc(-c3ccccc3)cc2)c2ncn(C(C)C)c2n1. The summed E-state index contributed by atoms with van der Waals surface area (Å²) in [6, 6.07) is 18.6. The normalized spacial score (nSPS) is 12.5. The third-order valence-corrected chi connectivity index (χ3v) is 5.55. The molecule has 0 saturated carbocycles. The van der Waals surface area contributed by atoms with Gasteiger partial charge in [-0.15, -0.1) is 0 Å². The summed E-state index contributed by atoms with van der Waals surface area (Å²) in [4.78, 5) is 14.0. The van der Waals surface area contributed by atoms with Crippen LogP contribution in [0.4, 0.5) is 17.5 Å². The first-order valence-electron chi connectivity index (χ1n) is 11.0. The Morgan fingerprint density at radius 3 is 2.22 bits per heavy atom. The molecule has 7 heteroatoms. The number of benzene rings is 2. The zero-order valence-corrected chi connectivity index (χ0v) is 18.9. The number of fused-ring (bicyclic) bond motifs is 1. The number of aliphatic hydroxyl groups excluding tert-OH is 1. The third kappa shape index (κ3) is 4.57. The van der Waals surface area contributed by atoms with Crippen molar-refractivity contribution in [2.24, 2.45) is 5.92 Å². The zero-order chi connectivity index (χ0) is 22.7. The Kier molecular flexibility index (Phi) is 6.37. The molecule has 0 aliphatic rings. The van der Waals surface area contributed by atoms with Crippen LogP contribution in [0.3, 0.4) is 0 Å². The van der Waals surface area contributed by atoms with Crippen LogP contribution in [0.2, 0.25) is 0 Å². The summed E-state index contributed by atoms with van der Waals surface area (Å²) < 4.78 is 2.02. The van der Waals surface area contributed by atoms with Crippen LogP contribution in [0.1, 0.15) is 33.7 Å². The molecule has 1 atom stereocenters. The molecule has 0 fully saturated rings. The molecular formula is C25H30N6O. The van der Waals surface area contributed by atoms with Crippen molar-refractivity contribution in [2.45, 2.75) is 39.8 Å². The number of rotatable bonds is 8. The molecule has 0 saturated heterocycles.